The maximum atomic E-state index is 5.52. The maximum Gasteiger partial charge on any atom is 0.122 e. The van der Waals surface area contributed by atoms with Gasteiger partial charge in [0.15, 0.2) is 0 Å². The van der Waals surface area contributed by atoms with Crippen LogP contribution in [0.1, 0.15) is 25.0 Å². The average Bonchev–Trinajstić information content (AvgIpc) is 2.34. The third-order valence-corrected chi connectivity index (χ3v) is 2.58. The second-order valence-corrected chi connectivity index (χ2v) is 4.21. The molecule has 0 fully saturated rings. The first-order valence-electron chi connectivity index (χ1n) is 5.72. The second kappa shape index (κ2) is 7.97. The van der Waals surface area contributed by atoms with Crippen molar-refractivity contribution in [2.24, 2.45) is 5.73 Å². The molecule has 0 spiro atoms. The van der Waals surface area contributed by atoms with Crippen molar-refractivity contribution in [3.63, 3.8) is 0 Å². The Balaban J connectivity index is 2.27. The third kappa shape index (κ3) is 5.60. The molecule has 0 saturated heterocycles. The Kier molecular flexibility index (Phi) is 6.50. The van der Waals surface area contributed by atoms with Crippen molar-refractivity contribution in [1.29, 1.82) is 0 Å². The summed E-state index contributed by atoms with van der Waals surface area (Å²) in [6, 6.07) is 3.79. The number of nitrogens with one attached hydrogen (secondary N) is 1. The monoisotopic (exact) mass is 253 g/mol. The number of thiocarbonyl (C=S) groups is 1. The summed E-state index contributed by atoms with van der Waals surface area (Å²) in [6.07, 6.45) is 5.09. The van der Waals surface area contributed by atoms with Crippen molar-refractivity contribution < 1.29 is 4.74 Å². The van der Waals surface area contributed by atoms with Crippen LogP contribution in [0.2, 0.25) is 0 Å². The smallest absolute Gasteiger partial charge is 0.122 e. The minimum atomic E-state index is 0.328. The molecule has 0 aliphatic rings. The lowest BCUT2D eigenvalue weighted by atomic mass is 10.2. The molecule has 1 aromatic rings. The highest BCUT2D eigenvalue weighted by Crippen LogP contribution is 2.08. The minimum Gasteiger partial charge on any atom is -0.388 e. The first kappa shape index (κ1) is 13.9. The van der Waals surface area contributed by atoms with Gasteiger partial charge >= 0.3 is 0 Å². The molecule has 0 radical (unpaired) electrons. The van der Waals surface area contributed by atoms with Crippen molar-refractivity contribution >= 4 is 22.9 Å². The fourth-order valence-corrected chi connectivity index (χ4v) is 1.57. The summed E-state index contributed by atoms with van der Waals surface area (Å²) in [6.45, 7) is 1.77. The number of nitrogens with two attached hydrogens (primary N) is 1. The highest BCUT2D eigenvalue weighted by atomic mass is 32.1. The summed E-state index contributed by atoms with van der Waals surface area (Å²) in [4.78, 5) is 4.41. The number of unbranched alkanes of at least 4 members (excludes halogenated alkanes) is 2. The van der Waals surface area contributed by atoms with Gasteiger partial charge in [-0.1, -0.05) is 12.2 Å². The number of hydrogen-bond donors (Lipinski definition) is 2. The molecule has 0 aliphatic carbocycles. The van der Waals surface area contributed by atoms with Gasteiger partial charge in [0.1, 0.15) is 4.99 Å². The number of aromatic nitrogens is 1. The molecule has 0 unspecified atom stereocenters. The standard InChI is InChI=1S/C12H19N3OS/c1-16-8-4-2-3-6-14-10-5-7-15-11(9-10)12(13)17/h5,7,9H,2-4,6,8H2,1H3,(H2,13,17)(H,14,15). The van der Waals surface area contributed by atoms with Crippen LogP contribution in [-0.2, 0) is 4.74 Å². The SMILES string of the molecule is COCCCCCNc1ccnc(C(N)=S)c1. The summed E-state index contributed by atoms with van der Waals surface area (Å²) in [5, 5.41) is 3.32. The quantitative estimate of drug-likeness (QED) is 0.548. The zero-order valence-electron chi connectivity index (χ0n) is 10.1. The fraction of sp³-hybridized carbons (Fsp3) is 0.500. The van der Waals surface area contributed by atoms with Crippen molar-refractivity contribution in [3.8, 4) is 0 Å². The summed E-state index contributed by atoms with van der Waals surface area (Å²) in [7, 11) is 1.73. The van der Waals surface area contributed by atoms with E-state index in [2.05, 4.69) is 10.3 Å². The van der Waals surface area contributed by atoms with Crippen molar-refractivity contribution in [2.75, 3.05) is 25.6 Å². The van der Waals surface area contributed by atoms with Crippen LogP contribution in [0.4, 0.5) is 5.69 Å². The van der Waals surface area contributed by atoms with Crippen LogP contribution in [0.25, 0.3) is 0 Å². The van der Waals surface area contributed by atoms with Gasteiger partial charge < -0.3 is 15.8 Å². The largest absolute Gasteiger partial charge is 0.388 e. The minimum absolute atomic E-state index is 0.328. The number of rotatable bonds is 8. The molecule has 1 heterocycles. The number of ether oxygens (including phenoxy) is 1. The third-order valence-electron chi connectivity index (χ3n) is 2.37. The van der Waals surface area contributed by atoms with Crippen LogP contribution in [0, 0.1) is 0 Å². The van der Waals surface area contributed by atoms with E-state index in [1.165, 1.54) is 0 Å². The van der Waals surface area contributed by atoms with Crippen LogP contribution in [0.5, 0.6) is 0 Å². The second-order valence-electron chi connectivity index (χ2n) is 3.77. The molecule has 0 amide bonds. The summed E-state index contributed by atoms with van der Waals surface area (Å²) in [5.41, 5.74) is 7.19. The Labute approximate surface area is 108 Å². The summed E-state index contributed by atoms with van der Waals surface area (Å²) >= 11 is 4.88. The van der Waals surface area contributed by atoms with Gasteiger partial charge in [-0.2, -0.15) is 0 Å². The van der Waals surface area contributed by atoms with Crippen molar-refractivity contribution in [3.05, 3.63) is 24.0 Å². The van der Waals surface area contributed by atoms with E-state index in [-0.39, 0.29) is 0 Å². The maximum absolute atomic E-state index is 5.52. The highest BCUT2D eigenvalue weighted by molar-refractivity contribution is 7.80. The molecule has 3 N–H and O–H groups in total. The van der Waals surface area contributed by atoms with E-state index in [1.807, 2.05) is 12.1 Å². The fourth-order valence-electron chi connectivity index (χ4n) is 1.46. The number of nitrogens with zero attached hydrogens (tertiary/aromatic N) is 1. The number of hydrogen-bond acceptors (Lipinski definition) is 4. The van der Waals surface area contributed by atoms with Crippen LogP contribution in [0.15, 0.2) is 18.3 Å². The van der Waals surface area contributed by atoms with Gasteiger partial charge in [-0.15, -0.1) is 0 Å². The zero-order valence-corrected chi connectivity index (χ0v) is 10.9. The molecule has 5 heteroatoms. The lowest BCUT2D eigenvalue weighted by molar-refractivity contribution is 0.192. The molecule has 0 saturated carbocycles. The first-order valence-corrected chi connectivity index (χ1v) is 6.13. The lowest BCUT2D eigenvalue weighted by Gasteiger charge is -2.07. The van der Waals surface area contributed by atoms with Gasteiger partial charge in [0.2, 0.25) is 0 Å². The summed E-state index contributed by atoms with van der Waals surface area (Å²) < 4.78 is 4.99. The molecule has 4 nitrogen and oxygen atoms in total. The van der Waals surface area contributed by atoms with Crippen LogP contribution in [0.3, 0.4) is 0 Å². The van der Waals surface area contributed by atoms with Crippen molar-refractivity contribution in [2.45, 2.75) is 19.3 Å². The Morgan fingerprint density at radius 1 is 1.47 bits per heavy atom. The average molecular weight is 253 g/mol. The molecule has 94 valence electrons. The predicted molar refractivity (Wildman–Crippen MR) is 74.3 cm³/mol. The Morgan fingerprint density at radius 2 is 2.29 bits per heavy atom. The van der Waals surface area contributed by atoms with Crippen LogP contribution in [-0.4, -0.2) is 30.2 Å². The first-order chi connectivity index (χ1) is 8.24. The molecular formula is C12H19N3OS. The van der Waals surface area contributed by atoms with E-state index < -0.39 is 0 Å². The van der Waals surface area contributed by atoms with E-state index in [0.717, 1.165) is 38.1 Å². The summed E-state index contributed by atoms with van der Waals surface area (Å²) in [5.74, 6) is 0. The Bertz CT molecular complexity index is 357. The van der Waals surface area contributed by atoms with Crippen molar-refractivity contribution in [1.82, 2.24) is 4.98 Å². The molecule has 0 aliphatic heterocycles. The molecule has 17 heavy (non-hydrogen) atoms. The highest BCUT2D eigenvalue weighted by Gasteiger charge is 1.99. The van der Waals surface area contributed by atoms with E-state index in [4.69, 9.17) is 22.7 Å². The zero-order chi connectivity index (χ0) is 12.5. The van der Waals surface area contributed by atoms with Gasteiger partial charge in [0.05, 0.1) is 5.69 Å². The molecule has 0 aromatic carbocycles. The predicted octanol–water partition coefficient (Wildman–Crippen LogP) is 1.94. The van der Waals surface area contributed by atoms with E-state index >= 15 is 0 Å². The number of anilines is 1. The van der Waals surface area contributed by atoms with E-state index in [0.29, 0.717) is 10.7 Å². The van der Waals surface area contributed by atoms with Gasteiger partial charge in [-0.25, -0.2) is 0 Å². The number of methoxy groups -OCH3 is 1. The normalized spacial score (nSPS) is 10.2. The molecule has 1 aromatic heterocycles. The van der Waals surface area contributed by atoms with Gasteiger partial charge in [0.25, 0.3) is 0 Å². The van der Waals surface area contributed by atoms with E-state index in [9.17, 15) is 0 Å². The molecule has 0 bridgehead atoms. The van der Waals surface area contributed by atoms with E-state index in [1.54, 1.807) is 13.3 Å². The van der Waals surface area contributed by atoms with Gasteiger partial charge in [0, 0.05) is 32.1 Å². The van der Waals surface area contributed by atoms with Gasteiger partial charge in [-0.05, 0) is 31.4 Å². The molecule has 0 atom stereocenters. The van der Waals surface area contributed by atoms with Crippen LogP contribution < -0.4 is 11.1 Å². The molecule has 1 rings (SSSR count). The number of pyridine rings is 1. The molecular weight excluding hydrogens is 234 g/mol. The van der Waals surface area contributed by atoms with Crippen LogP contribution >= 0.6 is 12.2 Å². The Morgan fingerprint density at radius 3 is 3.00 bits per heavy atom. The topological polar surface area (TPSA) is 60.2 Å². The lowest BCUT2D eigenvalue weighted by Crippen LogP contribution is -2.12. The Hall–Kier alpha value is -1.20. The van der Waals surface area contributed by atoms with Gasteiger partial charge in [-0.3, -0.25) is 4.98 Å².